The topological polar surface area (TPSA) is 84.7 Å². The zero-order chi connectivity index (χ0) is 16.0. The van der Waals surface area contributed by atoms with E-state index in [1.807, 2.05) is 12.3 Å². The molecule has 1 N–H and O–H groups in total. The molecule has 1 atom stereocenters. The first-order chi connectivity index (χ1) is 10.6. The summed E-state index contributed by atoms with van der Waals surface area (Å²) in [4.78, 5) is 25.7. The lowest BCUT2D eigenvalue weighted by atomic mass is 9.77. The molecule has 2 heterocycles. The molecule has 1 saturated heterocycles. The molecular formula is C15H23N3O4. The van der Waals surface area contributed by atoms with Gasteiger partial charge >= 0.3 is 5.97 Å². The van der Waals surface area contributed by atoms with Crippen molar-refractivity contribution in [3.63, 3.8) is 0 Å². The number of methoxy groups -OCH3 is 1. The highest BCUT2D eigenvalue weighted by Crippen LogP contribution is 2.34. The minimum Gasteiger partial charge on any atom is -0.481 e. The summed E-state index contributed by atoms with van der Waals surface area (Å²) >= 11 is 0. The minimum atomic E-state index is -0.879. The van der Waals surface area contributed by atoms with Gasteiger partial charge < -0.3 is 14.7 Å². The number of amides is 1. The molecule has 0 saturated carbocycles. The number of piperidine rings is 1. The summed E-state index contributed by atoms with van der Waals surface area (Å²) in [6.07, 6.45) is 5.55. The molecule has 1 aliphatic rings. The molecular weight excluding hydrogens is 286 g/mol. The van der Waals surface area contributed by atoms with Crippen molar-refractivity contribution in [2.75, 3.05) is 26.8 Å². The molecule has 1 aromatic rings. The quantitative estimate of drug-likeness (QED) is 0.812. The number of aliphatic carboxylic acids is 1. The zero-order valence-corrected chi connectivity index (χ0v) is 12.9. The lowest BCUT2D eigenvalue weighted by Gasteiger charge is -2.40. The van der Waals surface area contributed by atoms with Gasteiger partial charge in [-0.2, -0.15) is 5.10 Å². The summed E-state index contributed by atoms with van der Waals surface area (Å²) in [5.41, 5.74) is -0.879. The normalized spacial score (nSPS) is 21.8. The van der Waals surface area contributed by atoms with E-state index in [0.717, 1.165) is 0 Å². The summed E-state index contributed by atoms with van der Waals surface area (Å²) in [7, 11) is 1.56. The molecule has 0 radical (unpaired) electrons. The number of hydrogen-bond donors (Lipinski definition) is 1. The Morgan fingerprint density at radius 1 is 1.45 bits per heavy atom. The van der Waals surface area contributed by atoms with E-state index >= 15 is 0 Å². The van der Waals surface area contributed by atoms with Crippen molar-refractivity contribution < 1.29 is 19.4 Å². The van der Waals surface area contributed by atoms with Crippen LogP contribution in [0.5, 0.6) is 0 Å². The van der Waals surface area contributed by atoms with E-state index < -0.39 is 11.4 Å². The maximum atomic E-state index is 12.3. The van der Waals surface area contributed by atoms with Gasteiger partial charge in [-0.1, -0.05) is 0 Å². The third kappa shape index (κ3) is 3.85. The van der Waals surface area contributed by atoms with E-state index in [2.05, 4.69) is 5.10 Å². The van der Waals surface area contributed by atoms with Gasteiger partial charge in [0.05, 0.1) is 5.41 Å². The molecule has 0 bridgehead atoms. The van der Waals surface area contributed by atoms with Crippen molar-refractivity contribution in [3.8, 4) is 0 Å². The van der Waals surface area contributed by atoms with Gasteiger partial charge in [-0.3, -0.25) is 14.3 Å². The Labute approximate surface area is 129 Å². The van der Waals surface area contributed by atoms with Gasteiger partial charge in [0.15, 0.2) is 0 Å². The smallest absolute Gasteiger partial charge is 0.311 e. The number of ether oxygens (including phenoxy) is 1. The number of carbonyl (C=O) groups is 2. The highest BCUT2D eigenvalue weighted by Gasteiger charge is 2.43. The third-order valence-electron chi connectivity index (χ3n) is 4.28. The van der Waals surface area contributed by atoms with E-state index in [4.69, 9.17) is 4.74 Å². The molecule has 22 heavy (non-hydrogen) atoms. The van der Waals surface area contributed by atoms with Gasteiger partial charge in [0.2, 0.25) is 5.91 Å². The molecule has 122 valence electrons. The van der Waals surface area contributed by atoms with Gasteiger partial charge in [0.1, 0.15) is 0 Å². The molecule has 7 heteroatoms. The van der Waals surface area contributed by atoms with Gasteiger partial charge in [0, 0.05) is 52.2 Å². The van der Waals surface area contributed by atoms with Crippen molar-refractivity contribution in [2.24, 2.45) is 5.41 Å². The molecule has 1 fully saturated rings. The van der Waals surface area contributed by atoms with Crippen LogP contribution in [0.1, 0.15) is 25.7 Å². The Bertz CT molecular complexity index is 503. The second kappa shape index (κ2) is 7.40. The van der Waals surface area contributed by atoms with Crippen LogP contribution in [0.4, 0.5) is 0 Å². The first-order valence-electron chi connectivity index (χ1n) is 7.55. The fraction of sp³-hybridized carbons (Fsp3) is 0.667. The van der Waals surface area contributed by atoms with Gasteiger partial charge in [-0.05, 0) is 25.3 Å². The van der Waals surface area contributed by atoms with E-state index in [9.17, 15) is 14.7 Å². The number of aromatic nitrogens is 2. The lowest BCUT2D eigenvalue weighted by Crippen LogP contribution is -2.50. The second-order valence-electron chi connectivity index (χ2n) is 5.77. The highest BCUT2D eigenvalue weighted by molar-refractivity contribution is 5.79. The lowest BCUT2D eigenvalue weighted by molar-refractivity contribution is -0.156. The van der Waals surface area contributed by atoms with Gasteiger partial charge in [-0.15, -0.1) is 0 Å². The molecule has 0 spiro atoms. The van der Waals surface area contributed by atoms with Crippen LogP contribution in [0.3, 0.4) is 0 Å². The largest absolute Gasteiger partial charge is 0.481 e. The predicted octanol–water partition coefficient (Wildman–Crippen LogP) is 1.00. The molecule has 0 aromatic carbocycles. The summed E-state index contributed by atoms with van der Waals surface area (Å²) in [5, 5.41) is 13.7. The summed E-state index contributed by atoms with van der Waals surface area (Å²) in [6, 6.07) is 1.81. The molecule has 1 aliphatic heterocycles. The van der Waals surface area contributed by atoms with Crippen LogP contribution in [-0.4, -0.2) is 58.5 Å². The van der Waals surface area contributed by atoms with E-state index in [0.29, 0.717) is 45.4 Å². The molecule has 7 nitrogen and oxygen atoms in total. The average molecular weight is 309 g/mol. The van der Waals surface area contributed by atoms with Crippen LogP contribution in [0.25, 0.3) is 0 Å². The SMILES string of the molecule is COCC[C@]1(C(=O)O)CCCN(C(=O)CCn2cccn2)C1. The maximum Gasteiger partial charge on any atom is 0.311 e. The summed E-state index contributed by atoms with van der Waals surface area (Å²) in [5.74, 6) is -0.854. The fourth-order valence-electron chi connectivity index (χ4n) is 2.93. The van der Waals surface area contributed by atoms with E-state index in [-0.39, 0.29) is 12.5 Å². The summed E-state index contributed by atoms with van der Waals surface area (Å²) in [6.45, 7) is 1.80. The van der Waals surface area contributed by atoms with Crippen molar-refractivity contribution in [3.05, 3.63) is 18.5 Å². The van der Waals surface area contributed by atoms with Crippen LogP contribution in [-0.2, 0) is 20.9 Å². The Hall–Kier alpha value is -1.89. The number of nitrogens with zero attached hydrogens (tertiary/aromatic N) is 3. The van der Waals surface area contributed by atoms with Crippen molar-refractivity contribution >= 4 is 11.9 Å². The monoisotopic (exact) mass is 309 g/mol. The fourth-order valence-corrected chi connectivity index (χ4v) is 2.93. The number of carboxylic acid groups (broad SMARTS) is 1. The van der Waals surface area contributed by atoms with Crippen LogP contribution in [0.2, 0.25) is 0 Å². The molecule has 0 unspecified atom stereocenters. The van der Waals surface area contributed by atoms with Crippen molar-refractivity contribution in [1.82, 2.24) is 14.7 Å². The van der Waals surface area contributed by atoms with Gasteiger partial charge in [0.25, 0.3) is 0 Å². The molecule has 1 amide bonds. The first-order valence-corrected chi connectivity index (χ1v) is 7.55. The highest BCUT2D eigenvalue weighted by atomic mass is 16.5. The minimum absolute atomic E-state index is 0.0155. The van der Waals surface area contributed by atoms with Crippen LogP contribution < -0.4 is 0 Å². The number of rotatable bonds is 7. The van der Waals surface area contributed by atoms with E-state index in [1.54, 1.807) is 22.9 Å². The average Bonchev–Trinajstić information content (AvgIpc) is 3.04. The third-order valence-corrected chi connectivity index (χ3v) is 4.28. The number of carboxylic acids is 1. The van der Waals surface area contributed by atoms with E-state index in [1.165, 1.54) is 0 Å². The molecule has 2 rings (SSSR count). The predicted molar refractivity (Wildman–Crippen MR) is 79.2 cm³/mol. The van der Waals surface area contributed by atoms with Crippen molar-refractivity contribution in [1.29, 1.82) is 0 Å². The number of likely N-dealkylation sites (tertiary alicyclic amines) is 1. The molecule has 0 aliphatic carbocycles. The standard InChI is InChI=1S/C15H23N3O4/c1-22-11-6-15(14(20)21)5-2-8-17(12-15)13(19)4-10-18-9-3-7-16-18/h3,7,9H,2,4-6,8,10-12H2,1H3,(H,20,21)/t15-/m1/s1. The molecule has 1 aromatic heterocycles. The van der Waals surface area contributed by atoms with Crippen LogP contribution >= 0.6 is 0 Å². The number of hydrogen-bond acceptors (Lipinski definition) is 4. The van der Waals surface area contributed by atoms with Gasteiger partial charge in [-0.25, -0.2) is 0 Å². The summed E-state index contributed by atoms with van der Waals surface area (Å²) < 4.78 is 6.74. The Balaban J connectivity index is 1.95. The number of carbonyl (C=O) groups excluding carboxylic acids is 1. The van der Waals surface area contributed by atoms with Crippen LogP contribution in [0.15, 0.2) is 18.5 Å². The Morgan fingerprint density at radius 2 is 2.27 bits per heavy atom. The Morgan fingerprint density at radius 3 is 2.91 bits per heavy atom. The van der Waals surface area contributed by atoms with Crippen LogP contribution in [0, 0.1) is 5.41 Å². The Kier molecular flexibility index (Phi) is 5.54. The zero-order valence-electron chi connectivity index (χ0n) is 12.9. The number of aryl methyl sites for hydroxylation is 1. The van der Waals surface area contributed by atoms with Crippen molar-refractivity contribution in [2.45, 2.75) is 32.2 Å². The first kappa shape index (κ1) is 16.5. The second-order valence-corrected chi connectivity index (χ2v) is 5.77. The maximum absolute atomic E-state index is 12.3.